The third kappa shape index (κ3) is 6.53. The second kappa shape index (κ2) is 11.8. The van der Waals surface area contributed by atoms with Crippen molar-refractivity contribution in [2.45, 2.75) is 84.2 Å². The van der Waals surface area contributed by atoms with Gasteiger partial charge in [-0.25, -0.2) is 9.97 Å². The lowest BCUT2D eigenvalue weighted by atomic mass is 9.97. The van der Waals surface area contributed by atoms with Crippen molar-refractivity contribution in [3.63, 3.8) is 0 Å². The lowest BCUT2D eigenvalue weighted by molar-refractivity contribution is 0.174. The molecular weight excluding hydrogens is 320 g/mol. The van der Waals surface area contributed by atoms with Crippen molar-refractivity contribution in [1.29, 1.82) is 0 Å². The van der Waals surface area contributed by atoms with Crippen molar-refractivity contribution < 1.29 is 5.11 Å². The molecule has 26 heavy (non-hydrogen) atoms. The predicted molar refractivity (Wildman–Crippen MR) is 109 cm³/mol. The molecule has 1 aromatic carbocycles. The minimum absolute atomic E-state index is 0.441. The van der Waals surface area contributed by atoms with E-state index in [0.29, 0.717) is 6.42 Å². The molecule has 3 heteroatoms. The van der Waals surface area contributed by atoms with Gasteiger partial charge >= 0.3 is 0 Å². The Morgan fingerprint density at radius 1 is 0.846 bits per heavy atom. The molecule has 2 aromatic rings. The first-order valence-corrected chi connectivity index (χ1v) is 10.3. The molecule has 0 saturated heterocycles. The normalized spacial score (nSPS) is 12.3. The van der Waals surface area contributed by atoms with Gasteiger partial charge in [-0.15, -0.1) is 0 Å². The Morgan fingerprint density at radius 2 is 1.46 bits per heavy atom. The highest BCUT2D eigenvalue weighted by Gasteiger charge is 2.12. The Bertz CT molecular complexity index is 624. The Labute approximate surface area is 158 Å². The fourth-order valence-corrected chi connectivity index (χ4v) is 3.31. The molecule has 142 valence electrons. The van der Waals surface area contributed by atoms with Crippen LogP contribution in [0.25, 0.3) is 11.1 Å². The molecular formula is C23H34N2O. The summed E-state index contributed by atoms with van der Waals surface area (Å²) >= 11 is 0. The van der Waals surface area contributed by atoms with Crippen LogP contribution in [-0.4, -0.2) is 15.1 Å². The van der Waals surface area contributed by atoms with E-state index < -0.39 is 6.10 Å². The van der Waals surface area contributed by atoms with Gasteiger partial charge in [0.15, 0.2) is 0 Å². The van der Waals surface area contributed by atoms with Gasteiger partial charge in [0.2, 0.25) is 0 Å². The van der Waals surface area contributed by atoms with Crippen LogP contribution in [0.4, 0.5) is 0 Å². The van der Waals surface area contributed by atoms with E-state index in [1.165, 1.54) is 44.9 Å². The van der Waals surface area contributed by atoms with Crippen molar-refractivity contribution in [1.82, 2.24) is 9.97 Å². The van der Waals surface area contributed by atoms with Crippen molar-refractivity contribution in [3.8, 4) is 11.1 Å². The maximum absolute atomic E-state index is 10.2. The van der Waals surface area contributed by atoms with E-state index in [0.717, 1.165) is 35.4 Å². The van der Waals surface area contributed by atoms with Crippen LogP contribution >= 0.6 is 0 Å². The predicted octanol–water partition coefficient (Wildman–Crippen LogP) is 6.27. The summed E-state index contributed by atoms with van der Waals surface area (Å²) in [4.78, 5) is 9.09. The minimum atomic E-state index is -0.441. The molecule has 0 amide bonds. The summed E-state index contributed by atoms with van der Waals surface area (Å²) in [5.41, 5.74) is 2.96. The summed E-state index contributed by atoms with van der Waals surface area (Å²) < 4.78 is 0. The summed E-state index contributed by atoms with van der Waals surface area (Å²) in [6, 6.07) is 7.98. The summed E-state index contributed by atoms with van der Waals surface area (Å²) in [6.45, 7) is 4.25. The van der Waals surface area contributed by atoms with Gasteiger partial charge in [-0.3, -0.25) is 0 Å². The summed E-state index contributed by atoms with van der Waals surface area (Å²) in [7, 11) is 0. The lowest BCUT2D eigenvalue weighted by Gasteiger charge is -2.14. The van der Waals surface area contributed by atoms with Crippen LogP contribution in [0.5, 0.6) is 0 Å². The van der Waals surface area contributed by atoms with E-state index in [9.17, 15) is 5.11 Å². The number of unbranched alkanes of at least 4 members (excludes halogenated alkanes) is 7. The van der Waals surface area contributed by atoms with Gasteiger partial charge in [-0.2, -0.15) is 0 Å². The van der Waals surface area contributed by atoms with Crippen LogP contribution in [0.2, 0.25) is 0 Å². The average Bonchev–Trinajstić information content (AvgIpc) is 2.70. The van der Waals surface area contributed by atoms with Gasteiger partial charge in [-0.1, -0.05) is 83.1 Å². The molecule has 0 bridgehead atoms. The Kier molecular flexibility index (Phi) is 9.33. The molecule has 0 saturated carbocycles. The lowest BCUT2D eigenvalue weighted by Crippen LogP contribution is -2.00. The van der Waals surface area contributed by atoms with E-state index >= 15 is 0 Å². The molecule has 1 unspecified atom stereocenters. The fourth-order valence-electron chi connectivity index (χ4n) is 3.31. The molecule has 0 aliphatic rings. The first kappa shape index (κ1) is 20.6. The first-order valence-electron chi connectivity index (χ1n) is 10.3. The second-order valence-corrected chi connectivity index (χ2v) is 7.12. The highest BCUT2D eigenvalue weighted by molar-refractivity contribution is 5.66. The molecule has 0 aliphatic heterocycles. The maximum Gasteiger partial charge on any atom is 0.128 e. The summed E-state index contributed by atoms with van der Waals surface area (Å²) in [5, 5.41) is 10.2. The molecule has 3 nitrogen and oxygen atoms in total. The number of rotatable bonds is 12. The van der Waals surface area contributed by atoms with E-state index in [-0.39, 0.29) is 0 Å². The molecule has 1 atom stereocenters. The van der Waals surface area contributed by atoms with Crippen molar-refractivity contribution in [3.05, 3.63) is 48.0 Å². The van der Waals surface area contributed by atoms with Gasteiger partial charge in [0.1, 0.15) is 5.82 Å². The molecule has 1 aromatic heterocycles. The van der Waals surface area contributed by atoms with Crippen LogP contribution in [0.1, 0.15) is 89.1 Å². The van der Waals surface area contributed by atoms with E-state index in [2.05, 4.69) is 16.9 Å². The number of aliphatic hydroxyl groups excluding tert-OH is 1. The number of benzene rings is 1. The van der Waals surface area contributed by atoms with Crippen molar-refractivity contribution in [2.75, 3.05) is 0 Å². The van der Waals surface area contributed by atoms with Gasteiger partial charge in [-0.05, 0) is 24.0 Å². The topological polar surface area (TPSA) is 46.0 Å². The minimum Gasteiger partial charge on any atom is -0.388 e. The third-order valence-corrected chi connectivity index (χ3v) is 4.98. The van der Waals surface area contributed by atoms with Crippen LogP contribution in [-0.2, 0) is 6.42 Å². The number of nitrogens with zero attached hydrogens (tertiary/aromatic N) is 2. The Balaban J connectivity index is 1.82. The molecule has 0 aliphatic carbocycles. The van der Waals surface area contributed by atoms with Crippen molar-refractivity contribution >= 4 is 0 Å². The number of aliphatic hydroxyl groups is 1. The highest BCUT2D eigenvalue weighted by Crippen LogP contribution is 2.28. The molecule has 0 radical (unpaired) electrons. The monoisotopic (exact) mass is 354 g/mol. The quantitative estimate of drug-likeness (QED) is 0.457. The van der Waals surface area contributed by atoms with Gasteiger partial charge < -0.3 is 5.11 Å². The largest absolute Gasteiger partial charge is 0.388 e. The standard InChI is InChI=1S/C23H34N2O/c1-3-5-6-7-8-9-10-11-16-23-24-17-19(18-25-23)20-14-12-13-15-21(20)22(26)4-2/h12-15,17-18,22,26H,3-11,16H2,1-2H3. The highest BCUT2D eigenvalue weighted by atomic mass is 16.3. The summed E-state index contributed by atoms with van der Waals surface area (Å²) in [6.07, 6.45) is 15.6. The fraction of sp³-hybridized carbons (Fsp3) is 0.565. The van der Waals surface area contributed by atoms with E-state index in [1.807, 2.05) is 43.6 Å². The smallest absolute Gasteiger partial charge is 0.128 e. The van der Waals surface area contributed by atoms with Crippen LogP contribution in [0, 0.1) is 0 Å². The van der Waals surface area contributed by atoms with Crippen LogP contribution in [0.3, 0.4) is 0 Å². The zero-order chi connectivity index (χ0) is 18.6. The maximum atomic E-state index is 10.2. The molecule has 1 N–H and O–H groups in total. The SMILES string of the molecule is CCCCCCCCCCc1ncc(-c2ccccc2C(O)CC)cn1. The zero-order valence-electron chi connectivity index (χ0n) is 16.5. The number of hydrogen-bond donors (Lipinski definition) is 1. The van der Waals surface area contributed by atoms with E-state index in [4.69, 9.17) is 0 Å². The molecule has 0 fully saturated rings. The van der Waals surface area contributed by atoms with Gasteiger partial charge in [0.25, 0.3) is 0 Å². The second-order valence-electron chi connectivity index (χ2n) is 7.12. The number of aromatic nitrogens is 2. The van der Waals surface area contributed by atoms with Crippen molar-refractivity contribution in [2.24, 2.45) is 0 Å². The zero-order valence-corrected chi connectivity index (χ0v) is 16.5. The number of aryl methyl sites for hydroxylation is 1. The van der Waals surface area contributed by atoms with Crippen LogP contribution < -0.4 is 0 Å². The Morgan fingerprint density at radius 3 is 2.12 bits per heavy atom. The molecule has 0 spiro atoms. The molecule has 2 rings (SSSR count). The van der Waals surface area contributed by atoms with Gasteiger partial charge in [0, 0.05) is 24.4 Å². The van der Waals surface area contributed by atoms with E-state index in [1.54, 1.807) is 0 Å². The molecule has 1 heterocycles. The number of hydrogen-bond acceptors (Lipinski definition) is 3. The first-order chi connectivity index (χ1) is 12.8. The summed E-state index contributed by atoms with van der Waals surface area (Å²) in [5.74, 6) is 0.924. The third-order valence-electron chi connectivity index (χ3n) is 4.98. The van der Waals surface area contributed by atoms with Gasteiger partial charge in [0.05, 0.1) is 6.10 Å². The van der Waals surface area contributed by atoms with Crippen LogP contribution in [0.15, 0.2) is 36.7 Å². The average molecular weight is 355 g/mol. The Hall–Kier alpha value is -1.74.